The highest BCUT2D eigenvalue weighted by Gasteiger charge is 2.19. The molecule has 0 fully saturated rings. The number of carbonyl (C=O) groups is 1. The summed E-state index contributed by atoms with van der Waals surface area (Å²) in [6.07, 6.45) is 0. The summed E-state index contributed by atoms with van der Waals surface area (Å²) < 4.78 is 40.2. The average Bonchev–Trinajstić information content (AvgIpc) is 3.06. The zero-order valence-corrected chi connectivity index (χ0v) is 14.4. The normalized spacial score (nSPS) is 11.1. The molecule has 128 valence electrons. The fraction of sp³-hybridized carbons (Fsp3) is 0. The molecular weight excluding hydrogens is 363 g/mol. The van der Waals surface area contributed by atoms with Gasteiger partial charge in [0.25, 0.3) is 15.9 Å². The van der Waals surface area contributed by atoms with E-state index in [1.54, 1.807) is 24.3 Å². The second-order valence-electron chi connectivity index (χ2n) is 5.08. The number of amides is 1. The van der Waals surface area contributed by atoms with Crippen LogP contribution in [0.5, 0.6) is 0 Å². The van der Waals surface area contributed by atoms with Gasteiger partial charge < -0.3 is 5.32 Å². The van der Waals surface area contributed by atoms with Crippen molar-refractivity contribution in [3.05, 3.63) is 76.7 Å². The number of anilines is 2. The molecule has 2 N–H and O–H groups in total. The zero-order valence-electron chi connectivity index (χ0n) is 12.8. The van der Waals surface area contributed by atoms with Crippen LogP contribution in [-0.2, 0) is 10.0 Å². The SMILES string of the molecule is O=C(Nc1ccccc1)c1cc(S(=O)(=O)Nc2cccc(F)c2)cs1. The predicted octanol–water partition coefficient (Wildman–Crippen LogP) is 3.94. The number of para-hydroxylation sites is 1. The molecule has 0 saturated carbocycles. The molecule has 2 aromatic carbocycles. The van der Waals surface area contributed by atoms with Crippen molar-refractivity contribution in [1.29, 1.82) is 0 Å². The highest BCUT2D eigenvalue weighted by Crippen LogP contribution is 2.23. The summed E-state index contributed by atoms with van der Waals surface area (Å²) >= 11 is 1.01. The van der Waals surface area contributed by atoms with Crippen molar-refractivity contribution in [2.24, 2.45) is 0 Å². The maximum Gasteiger partial charge on any atom is 0.265 e. The molecule has 1 aromatic heterocycles. The Hall–Kier alpha value is -2.71. The average molecular weight is 376 g/mol. The Morgan fingerprint density at radius 3 is 2.40 bits per heavy atom. The molecule has 0 saturated heterocycles. The van der Waals surface area contributed by atoms with E-state index in [4.69, 9.17) is 0 Å². The van der Waals surface area contributed by atoms with Crippen LogP contribution >= 0.6 is 11.3 Å². The van der Waals surface area contributed by atoms with Gasteiger partial charge in [0.2, 0.25) is 0 Å². The number of halogens is 1. The largest absolute Gasteiger partial charge is 0.321 e. The molecule has 25 heavy (non-hydrogen) atoms. The van der Waals surface area contributed by atoms with Crippen LogP contribution in [0.1, 0.15) is 9.67 Å². The highest BCUT2D eigenvalue weighted by molar-refractivity contribution is 7.92. The molecule has 3 rings (SSSR count). The number of sulfonamides is 1. The monoisotopic (exact) mass is 376 g/mol. The van der Waals surface area contributed by atoms with Crippen molar-refractivity contribution in [3.63, 3.8) is 0 Å². The highest BCUT2D eigenvalue weighted by atomic mass is 32.2. The molecule has 0 aliphatic heterocycles. The Bertz CT molecular complexity index is 1000. The minimum Gasteiger partial charge on any atom is -0.321 e. The first-order valence-electron chi connectivity index (χ1n) is 7.17. The molecular formula is C17H13FN2O3S2. The molecule has 5 nitrogen and oxygen atoms in total. The van der Waals surface area contributed by atoms with Crippen LogP contribution in [0.2, 0.25) is 0 Å². The summed E-state index contributed by atoms with van der Waals surface area (Å²) in [7, 11) is -3.90. The van der Waals surface area contributed by atoms with Gasteiger partial charge in [-0.05, 0) is 36.4 Å². The molecule has 1 amide bonds. The summed E-state index contributed by atoms with van der Waals surface area (Å²) in [5, 5.41) is 4.05. The van der Waals surface area contributed by atoms with Gasteiger partial charge in [-0.1, -0.05) is 24.3 Å². The first kappa shape index (κ1) is 17.1. The number of nitrogens with one attached hydrogen (secondary N) is 2. The second-order valence-corrected chi connectivity index (χ2v) is 7.68. The van der Waals surface area contributed by atoms with Gasteiger partial charge in [0.05, 0.1) is 15.5 Å². The molecule has 0 bridgehead atoms. The summed E-state index contributed by atoms with van der Waals surface area (Å²) in [6, 6.07) is 15.3. The first-order valence-corrected chi connectivity index (χ1v) is 9.54. The molecule has 8 heteroatoms. The van der Waals surface area contributed by atoms with Crippen LogP contribution in [-0.4, -0.2) is 14.3 Å². The lowest BCUT2D eigenvalue weighted by molar-refractivity contribution is 0.103. The van der Waals surface area contributed by atoms with E-state index in [2.05, 4.69) is 10.0 Å². The molecule has 0 aliphatic rings. The number of hydrogen-bond acceptors (Lipinski definition) is 4. The predicted molar refractivity (Wildman–Crippen MR) is 95.9 cm³/mol. The van der Waals surface area contributed by atoms with Crippen molar-refractivity contribution >= 4 is 38.6 Å². The van der Waals surface area contributed by atoms with Crippen LogP contribution in [0.15, 0.2) is 70.9 Å². The van der Waals surface area contributed by atoms with E-state index in [1.807, 2.05) is 6.07 Å². The quantitative estimate of drug-likeness (QED) is 0.708. The Balaban J connectivity index is 1.77. The van der Waals surface area contributed by atoms with E-state index in [-0.39, 0.29) is 15.5 Å². The number of thiophene rings is 1. The topological polar surface area (TPSA) is 75.3 Å². The summed E-state index contributed by atoms with van der Waals surface area (Å²) in [5.41, 5.74) is 0.727. The lowest BCUT2D eigenvalue weighted by atomic mass is 10.3. The van der Waals surface area contributed by atoms with Gasteiger partial charge in [-0.25, -0.2) is 12.8 Å². The Morgan fingerprint density at radius 2 is 1.68 bits per heavy atom. The first-order chi connectivity index (χ1) is 11.9. The van der Waals surface area contributed by atoms with E-state index in [0.29, 0.717) is 5.69 Å². The smallest absolute Gasteiger partial charge is 0.265 e. The van der Waals surface area contributed by atoms with Gasteiger partial charge in [0.1, 0.15) is 5.82 Å². The van der Waals surface area contributed by atoms with Crippen LogP contribution in [0.25, 0.3) is 0 Å². The minimum atomic E-state index is -3.90. The van der Waals surface area contributed by atoms with Gasteiger partial charge in [-0.3, -0.25) is 9.52 Å². The Labute approximate surface area is 148 Å². The van der Waals surface area contributed by atoms with Crippen molar-refractivity contribution in [2.75, 3.05) is 10.0 Å². The molecule has 0 radical (unpaired) electrons. The molecule has 0 aliphatic carbocycles. The van der Waals surface area contributed by atoms with Crippen LogP contribution in [0.3, 0.4) is 0 Å². The van der Waals surface area contributed by atoms with Crippen molar-refractivity contribution in [2.45, 2.75) is 4.90 Å². The second kappa shape index (κ2) is 7.04. The third-order valence-corrected chi connectivity index (χ3v) is 5.66. The van der Waals surface area contributed by atoms with E-state index < -0.39 is 21.7 Å². The van der Waals surface area contributed by atoms with Crippen molar-refractivity contribution in [3.8, 4) is 0 Å². The minimum absolute atomic E-state index is 0.0556. The number of rotatable bonds is 5. The van der Waals surface area contributed by atoms with Gasteiger partial charge in [0, 0.05) is 11.1 Å². The molecule has 0 spiro atoms. The number of carbonyl (C=O) groups excluding carboxylic acids is 1. The van der Waals surface area contributed by atoms with Crippen LogP contribution < -0.4 is 10.0 Å². The van der Waals surface area contributed by atoms with Gasteiger partial charge in [-0.15, -0.1) is 11.3 Å². The maximum absolute atomic E-state index is 13.2. The van der Waals surface area contributed by atoms with Gasteiger partial charge in [-0.2, -0.15) is 0 Å². The third kappa shape index (κ3) is 4.23. The maximum atomic E-state index is 13.2. The number of benzene rings is 2. The Kier molecular flexibility index (Phi) is 4.82. The standard InChI is InChI=1S/C17H13FN2O3S2/c18-12-5-4-8-14(9-12)20-25(22,23)15-10-16(24-11-15)17(21)19-13-6-2-1-3-7-13/h1-11,20H,(H,19,21). The lowest BCUT2D eigenvalue weighted by Gasteiger charge is -2.06. The van der Waals surface area contributed by atoms with E-state index >= 15 is 0 Å². The lowest BCUT2D eigenvalue weighted by Crippen LogP contribution is -2.13. The fourth-order valence-corrected chi connectivity index (χ4v) is 4.28. The fourth-order valence-electron chi connectivity index (χ4n) is 2.06. The van der Waals surface area contributed by atoms with Crippen LogP contribution in [0.4, 0.5) is 15.8 Å². The van der Waals surface area contributed by atoms with E-state index in [0.717, 1.165) is 17.4 Å². The zero-order chi connectivity index (χ0) is 17.9. The molecule has 0 unspecified atom stereocenters. The van der Waals surface area contributed by atoms with Crippen molar-refractivity contribution < 1.29 is 17.6 Å². The molecule has 3 aromatic rings. The third-order valence-electron chi connectivity index (χ3n) is 3.22. The summed E-state index contributed by atoms with van der Waals surface area (Å²) in [5.74, 6) is -0.947. The van der Waals surface area contributed by atoms with Gasteiger partial charge in [0.15, 0.2) is 0 Å². The Morgan fingerprint density at radius 1 is 0.960 bits per heavy atom. The number of hydrogen-bond donors (Lipinski definition) is 2. The van der Waals surface area contributed by atoms with E-state index in [1.165, 1.54) is 29.6 Å². The van der Waals surface area contributed by atoms with Crippen LogP contribution in [0, 0.1) is 5.82 Å². The van der Waals surface area contributed by atoms with Crippen molar-refractivity contribution in [1.82, 2.24) is 0 Å². The molecule has 0 atom stereocenters. The van der Waals surface area contributed by atoms with Gasteiger partial charge >= 0.3 is 0 Å². The molecule has 1 heterocycles. The van der Waals surface area contributed by atoms with E-state index in [9.17, 15) is 17.6 Å². The summed E-state index contributed by atoms with van der Waals surface area (Å²) in [6.45, 7) is 0. The summed E-state index contributed by atoms with van der Waals surface area (Å²) in [4.78, 5) is 12.4.